The smallest absolute Gasteiger partial charge is 0.387 e. The number of hydrogen-bond donors (Lipinski definition) is 2. The molecule has 1 aromatic heterocycles. The first-order chi connectivity index (χ1) is 8.72. The third-order valence-electron chi connectivity index (χ3n) is 2.44. The summed E-state index contributed by atoms with van der Waals surface area (Å²) in [4.78, 5) is 0. The van der Waals surface area contributed by atoms with Crippen molar-refractivity contribution in [3.63, 3.8) is 0 Å². The van der Waals surface area contributed by atoms with Gasteiger partial charge in [0, 0.05) is 5.56 Å². The van der Waals surface area contributed by atoms with Gasteiger partial charge in [-0.05, 0) is 18.2 Å². The van der Waals surface area contributed by atoms with Gasteiger partial charge in [-0.3, -0.25) is 5.84 Å². The van der Waals surface area contributed by atoms with Crippen LogP contribution in [0.3, 0.4) is 0 Å². The van der Waals surface area contributed by atoms with Crippen LogP contribution in [0.4, 0.5) is 8.78 Å². The van der Waals surface area contributed by atoms with Crippen LogP contribution in [-0.2, 0) is 0 Å². The third kappa shape index (κ3) is 2.66. The van der Waals surface area contributed by atoms with E-state index in [9.17, 15) is 8.78 Å². The average molecular weight is 254 g/mol. The van der Waals surface area contributed by atoms with Gasteiger partial charge in [0.2, 0.25) is 0 Å². The predicted octanol–water partition coefficient (Wildman–Crippen LogP) is 2.43. The molecule has 1 heterocycles. The van der Waals surface area contributed by atoms with Crippen LogP contribution in [0.25, 0.3) is 0 Å². The topological polar surface area (TPSA) is 60.4 Å². The average Bonchev–Trinajstić information content (AvgIpc) is 2.85. The van der Waals surface area contributed by atoms with Crippen molar-refractivity contribution < 1.29 is 17.9 Å². The fourth-order valence-electron chi connectivity index (χ4n) is 1.70. The number of halogens is 2. The van der Waals surface area contributed by atoms with Crippen molar-refractivity contribution in [3.8, 4) is 5.75 Å². The third-order valence-corrected chi connectivity index (χ3v) is 2.44. The Morgan fingerprint density at radius 1 is 1.17 bits per heavy atom. The maximum atomic E-state index is 12.3. The van der Waals surface area contributed by atoms with E-state index < -0.39 is 12.7 Å². The molecule has 0 amide bonds. The van der Waals surface area contributed by atoms with Gasteiger partial charge < -0.3 is 9.15 Å². The molecule has 2 rings (SSSR count). The summed E-state index contributed by atoms with van der Waals surface area (Å²) in [7, 11) is 0. The van der Waals surface area contributed by atoms with Crippen molar-refractivity contribution in [3.05, 3.63) is 54.0 Å². The highest BCUT2D eigenvalue weighted by Gasteiger charge is 2.20. The largest absolute Gasteiger partial charge is 0.467 e. The molecule has 0 saturated carbocycles. The molecule has 0 radical (unpaired) electrons. The molecule has 0 spiro atoms. The van der Waals surface area contributed by atoms with Crippen molar-refractivity contribution in [1.29, 1.82) is 0 Å². The fourth-order valence-corrected chi connectivity index (χ4v) is 1.70. The van der Waals surface area contributed by atoms with Gasteiger partial charge in [0.05, 0.1) is 6.26 Å². The van der Waals surface area contributed by atoms with Gasteiger partial charge >= 0.3 is 6.61 Å². The number of nitrogens with two attached hydrogens (primary N) is 1. The predicted molar refractivity (Wildman–Crippen MR) is 60.9 cm³/mol. The molecule has 2 aromatic rings. The zero-order valence-electron chi connectivity index (χ0n) is 9.35. The van der Waals surface area contributed by atoms with Crippen molar-refractivity contribution >= 4 is 0 Å². The van der Waals surface area contributed by atoms with Gasteiger partial charge in [0.15, 0.2) is 0 Å². The molecule has 1 aromatic carbocycles. The van der Waals surface area contributed by atoms with Gasteiger partial charge in [-0.1, -0.05) is 18.2 Å². The zero-order valence-corrected chi connectivity index (χ0v) is 9.35. The second-order valence-corrected chi connectivity index (χ2v) is 3.53. The lowest BCUT2D eigenvalue weighted by Crippen LogP contribution is -2.29. The van der Waals surface area contributed by atoms with Crippen LogP contribution >= 0.6 is 0 Å². The van der Waals surface area contributed by atoms with Crippen LogP contribution in [-0.4, -0.2) is 6.61 Å². The molecule has 0 aliphatic carbocycles. The number of hydrogen-bond acceptors (Lipinski definition) is 4. The molecule has 0 bridgehead atoms. The van der Waals surface area contributed by atoms with Crippen LogP contribution in [0.2, 0.25) is 0 Å². The highest BCUT2D eigenvalue weighted by molar-refractivity contribution is 5.39. The molecule has 1 atom stereocenters. The van der Waals surface area contributed by atoms with Gasteiger partial charge in [-0.25, -0.2) is 5.43 Å². The van der Waals surface area contributed by atoms with Crippen molar-refractivity contribution in [1.82, 2.24) is 5.43 Å². The zero-order chi connectivity index (χ0) is 13.0. The van der Waals surface area contributed by atoms with Gasteiger partial charge in [0.25, 0.3) is 0 Å². The van der Waals surface area contributed by atoms with Gasteiger partial charge in [-0.2, -0.15) is 8.78 Å². The first-order valence-corrected chi connectivity index (χ1v) is 5.25. The molecule has 0 aliphatic rings. The van der Waals surface area contributed by atoms with Crippen LogP contribution in [0, 0.1) is 0 Å². The number of para-hydroxylation sites is 1. The summed E-state index contributed by atoms with van der Waals surface area (Å²) < 4.78 is 34.3. The number of ether oxygens (including phenoxy) is 1. The Kier molecular flexibility index (Phi) is 3.91. The van der Waals surface area contributed by atoms with E-state index in [1.54, 1.807) is 30.3 Å². The molecule has 1 unspecified atom stereocenters. The van der Waals surface area contributed by atoms with E-state index in [0.29, 0.717) is 11.3 Å². The summed E-state index contributed by atoms with van der Waals surface area (Å²) in [5.41, 5.74) is 3.00. The summed E-state index contributed by atoms with van der Waals surface area (Å²) in [6.07, 6.45) is 1.48. The molecular formula is C12H12F2N2O2. The number of nitrogens with one attached hydrogen (secondary N) is 1. The number of rotatable bonds is 5. The molecular weight excluding hydrogens is 242 g/mol. The Morgan fingerprint density at radius 2 is 1.94 bits per heavy atom. The van der Waals surface area contributed by atoms with Gasteiger partial charge in [-0.15, -0.1) is 0 Å². The van der Waals surface area contributed by atoms with Crippen LogP contribution < -0.4 is 16.0 Å². The number of benzene rings is 1. The lowest BCUT2D eigenvalue weighted by Gasteiger charge is -2.17. The first kappa shape index (κ1) is 12.5. The van der Waals surface area contributed by atoms with E-state index in [1.165, 1.54) is 12.3 Å². The van der Waals surface area contributed by atoms with E-state index in [2.05, 4.69) is 10.2 Å². The Morgan fingerprint density at radius 3 is 2.56 bits per heavy atom. The van der Waals surface area contributed by atoms with E-state index in [1.807, 2.05) is 0 Å². The highest BCUT2D eigenvalue weighted by Crippen LogP contribution is 2.30. The number of alkyl halides is 2. The highest BCUT2D eigenvalue weighted by atomic mass is 19.3. The fraction of sp³-hybridized carbons (Fsp3) is 0.167. The Labute approximate surface area is 102 Å². The molecule has 3 N–H and O–H groups in total. The summed E-state index contributed by atoms with van der Waals surface area (Å²) in [6, 6.07) is 9.26. The summed E-state index contributed by atoms with van der Waals surface area (Å²) in [5.74, 6) is 6.02. The molecule has 0 fully saturated rings. The molecule has 0 aliphatic heterocycles. The Balaban J connectivity index is 2.36. The van der Waals surface area contributed by atoms with Crippen molar-refractivity contribution in [2.45, 2.75) is 12.7 Å². The SMILES string of the molecule is NNC(c1ccco1)c1ccccc1OC(F)F. The molecule has 18 heavy (non-hydrogen) atoms. The van der Waals surface area contributed by atoms with E-state index in [0.717, 1.165) is 0 Å². The van der Waals surface area contributed by atoms with E-state index in [-0.39, 0.29) is 5.75 Å². The molecule has 96 valence electrons. The van der Waals surface area contributed by atoms with Gasteiger partial charge in [0.1, 0.15) is 17.6 Å². The minimum Gasteiger partial charge on any atom is -0.467 e. The minimum absolute atomic E-state index is 0.0619. The van der Waals surface area contributed by atoms with Crippen LogP contribution in [0.5, 0.6) is 5.75 Å². The van der Waals surface area contributed by atoms with Crippen LogP contribution in [0.15, 0.2) is 47.1 Å². The molecule has 6 heteroatoms. The Hall–Kier alpha value is -1.92. The number of furan rings is 1. The Bertz CT molecular complexity index is 489. The lowest BCUT2D eigenvalue weighted by molar-refractivity contribution is -0.0506. The van der Waals surface area contributed by atoms with E-state index >= 15 is 0 Å². The second-order valence-electron chi connectivity index (χ2n) is 3.53. The quantitative estimate of drug-likeness (QED) is 0.635. The summed E-state index contributed by atoms with van der Waals surface area (Å²) >= 11 is 0. The minimum atomic E-state index is -2.89. The van der Waals surface area contributed by atoms with E-state index in [4.69, 9.17) is 10.3 Å². The van der Waals surface area contributed by atoms with Crippen molar-refractivity contribution in [2.24, 2.45) is 5.84 Å². The van der Waals surface area contributed by atoms with Crippen molar-refractivity contribution in [2.75, 3.05) is 0 Å². The standard InChI is InChI=1S/C12H12F2N2O2/c13-12(14)18-9-5-2-1-4-8(9)11(16-15)10-6-3-7-17-10/h1-7,11-12,16H,15H2. The maximum Gasteiger partial charge on any atom is 0.387 e. The lowest BCUT2D eigenvalue weighted by atomic mass is 10.0. The van der Waals surface area contributed by atoms with Crippen LogP contribution in [0.1, 0.15) is 17.4 Å². The number of hydrazine groups is 1. The monoisotopic (exact) mass is 254 g/mol. The second kappa shape index (κ2) is 5.61. The maximum absolute atomic E-state index is 12.3. The summed E-state index contributed by atoms with van der Waals surface area (Å²) in [5, 5.41) is 0. The molecule has 4 nitrogen and oxygen atoms in total. The normalized spacial score (nSPS) is 12.7. The molecule has 0 saturated heterocycles. The summed E-state index contributed by atoms with van der Waals surface area (Å²) in [6.45, 7) is -2.89. The first-order valence-electron chi connectivity index (χ1n) is 5.25.